The summed E-state index contributed by atoms with van der Waals surface area (Å²) < 4.78 is 5.74. The second-order valence-corrected chi connectivity index (χ2v) is 4.78. The van der Waals surface area contributed by atoms with Crippen molar-refractivity contribution in [1.29, 1.82) is 0 Å². The minimum atomic E-state index is -0.252. The van der Waals surface area contributed by atoms with Gasteiger partial charge in [0, 0.05) is 11.1 Å². The van der Waals surface area contributed by atoms with Crippen LogP contribution in [0.25, 0.3) is 16.9 Å². The van der Waals surface area contributed by atoms with Gasteiger partial charge in [0.1, 0.15) is 10.8 Å². The summed E-state index contributed by atoms with van der Waals surface area (Å²) in [5.41, 5.74) is 2.37. The van der Waals surface area contributed by atoms with Crippen molar-refractivity contribution in [2.75, 3.05) is 0 Å². The summed E-state index contributed by atoms with van der Waals surface area (Å²) >= 11 is 5.97. The summed E-state index contributed by atoms with van der Waals surface area (Å²) in [6, 6.07) is 5.13. The second-order valence-electron chi connectivity index (χ2n) is 4.40. The van der Waals surface area contributed by atoms with E-state index in [4.69, 9.17) is 16.0 Å². The number of halogens is 1. The highest BCUT2D eigenvalue weighted by Gasteiger charge is 2.22. The van der Waals surface area contributed by atoms with Gasteiger partial charge in [0.15, 0.2) is 5.76 Å². The third-order valence-corrected chi connectivity index (χ3v) is 3.62. The van der Waals surface area contributed by atoms with Crippen LogP contribution >= 0.6 is 11.6 Å². The van der Waals surface area contributed by atoms with Gasteiger partial charge in [-0.05, 0) is 43.0 Å². The molecule has 0 fully saturated rings. The van der Waals surface area contributed by atoms with Crippen LogP contribution in [0.3, 0.4) is 0 Å². The van der Waals surface area contributed by atoms with E-state index < -0.39 is 0 Å². The lowest BCUT2D eigenvalue weighted by atomic mass is 9.91. The third-order valence-electron chi connectivity index (χ3n) is 3.26. The molecule has 3 rings (SSSR count). The Morgan fingerprint density at radius 2 is 2.11 bits per heavy atom. The van der Waals surface area contributed by atoms with Gasteiger partial charge in [0.05, 0.1) is 6.26 Å². The number of aryl methyl sites for hydroxylation is 1. The molecule has 0 aromatic heterocycles. The highest BCUT2D eigenvalue weighted by Crippen LogP contribution is 2.37. The predicted octanol–water partition coefficient (Wildman–Crippen LogP) is 3.63. The van der Waals surface area contributed by atoms with E-state index in [1.165, 1.54) is 6.07 Å². The van der Waals surface area contributed by atoms with E-state index in [0.717, 1.165) is 42.2 Å². The summed E-state index contributed by atoms with van der Waals surface area (Å²) in [7, 11) is 0. The second kappa shape index (κ2) is 4.18. The first-order valence-corrected chi connectivity index (χ1v) is 6.17. The fourth-order valence-corrected chi connectivity index (χ4v) is 2.57. The Bertz CT molecular complexity index is 670. The van der Waals surface area contributed by atoms with Crippen LogP contribution in [-0.2, 0) is 6.42 Å². The van der Waals surface area contributed by atoms with Gasteiger partial charge in [-0.15, -0.1) is 0 Å². The molecule has 0 atom stereocenters. The minimum Gasteiger partial charge on any atom is -0.515 e. The zero-order valence-electron chi connectivity index (χ0n) is 9.57. The number of aliphatic hydroxyl groups is 1. The Morgan fingerprint density at radius 1 is 1.28 bits per heavy atom. The van der Waals surface area contributed by atoms with Crippen molar-refractivity contribution in [1.82, 2.24) is 0 Å². The highest BCUT2D eigenvalue weighted by atomic mass is 35.5. The number of hydrogen-bond donors (Lipinski definition) is 1. The average molecular weight is 263 g/mol. The predicted molar refractivity (Wildman–Crippen MR) is 70.2 cm³/mol. The SMILES string of the molecule is O=c1ccc2cc3c(oc-2c1Cl)C(=CO)CCC3. The van der Waals surface area contributed by atoms with Gasteiger partial charge in [-0.1, -0.05) is 11.6 Å². The Morgan fingerprint density at radius 3 is 2.89 bits per heavy atom. The molecule has 1 heterocycles. The van der Waals surface area contributed by atoms with E-state index in [0.29, 0.717) is 11.5 Å². The number of fused-ring (bicyclic) bond motifs is 2. The maximum atomic E-state index is 11.5. The fraction of sp³-hybridized carbons (Fsp3) is 0.214. The highest BCUT2D eigenvalue weighted by molar-refractivity contribution is 6.32. The minimum absolute atomic E-state index is 0.0955. The molecule has 0 unspecified atom stereocenters. The van der Waals surface area contributed by atoms with E-state index in [-0.39, 0.29) is 10.5 Å². The van der Waals surface area contributed by atoms with Gasteiger partial charge in [-0.3, -0.25) is 4.79 Å². The summed E-state index contributed by atoms with van der Waals surface area (Å²) in [6.07, 6.45) is 3.73. The standard InChI is InChI=1S/C14H11ClO3/c15-12-11(17)5-4-9-6-8-2-1-3-10(7-16)13(8)18-14(9)12/h4-7,16H,1-3H2. The largest absolute Gasteiger partial charge is 0.515 e. The quantitative estimate of drug-likeness (QED) is 0.738. The molecule has 0 bridgehead atoms. The van der Waals surface area contributed by atoms with Crippen LogP contribution < -0.4 is 5.43 Å². The molecule has 0 amide bonds. The monoisotopic (exact) mass is 262 g/mol. The first-order valence-electron chi connectivity index (χ1n) is 5.79. The molecule has 0 saturated carbocycles. The van der Waals surface area contributed by atoms with Crippen LogP contribution in [0.15, 0.2) is 33.7 Å². The molecule has 2 aliphatic carbocycles. The molecule has 0 aromatic carbocycles. The Labute approximate surface area is 109 Å². The average Bonchev–Trinajstić information content (AvgIpc) is 2.41. The van der Waals surface area contributed by atoms with Crippen molar-refractivity contribution in [2.24, 2.45) is 0 Å². The van der Waals surface area contributed by atoms with Gasteiger partial charge in [-0.25, -0.2) is 0 Å². The van der Waals surface area contributed by atoms with Gasteiger partial charge < -0.3 is 9.52 Å². The summed E-state index contributed by atoms with van der Waals surface area (Å²) in [5, 5.41) is 9.31. The molecule has 0 aromatic rings. The molecule has 4 heteroatoms. The van der Waals surface area contributed by atoms with Crippen molar-refractivity contribution >= 4 is 17.2 Å². The number of benzene rings is 1. The van der Waals surface area contributed by atoms with Crippen LogP contribution in [-0.4, -0.2) is 5.11 Å². The van der Waals surface area contributed by atoms with Crippen LogP contribution in [0.4, 0.5) is 0 Å². The maximum absolute atomic E-state index is 11.5. The van der Waals surface area contributed by atoms with E-state index in [1.54, 1.807) is 6.07 Å². The lowest BCUT2D eigenvalue weighted by Gasteiger charge is -2.19. The van der Waals surface area contributed by atoms with E-state index >= 15 is 0 Å². The number of aliphatic hydroxyl groups excluding tert-OH is 1. The smallest absolute Gasteiger partial charge is 0.201 e. The molecule has 1 N–H and O–H groups in total. The summed E-state index contributed by atoms with van der Waals surface area (Å²) in [6.45, 7) is 0. The number of hydrogen-bond acceptors (Lipinski definition) is 3. The van der Waals surface area contributed by atoms with E-state index in [1.807, 2.05) is 6.07 Å². The Kier molecular flexibility index (Phi) is 2.63. The zero-order valence-corrected chi connectivity index (χ0v) is 10.3. The molecule has 18 heavy (non-hydrogen) atoms. The molecule has 0 saturated heterocycles. The molecular formula is C14H11ClO3. The number of rotatable bonds is 0. The third kappa shape index (κ3) is 1.63. The van der Waals surface area contributed by atoms with Crippen molar-refractivity contribution < 1.29 is 9.52 Å². The maximum Gasteiger partial charge on any atom is 0.201 e. The first kappa shape index (κ1) is 11.4. The van der Waals surface area contributed by atoms with Crippen molar-refractivity contribution in [3.8, 4) is 11.3 Å². The van der Waals surface area contributed by atoms with Gasteiger partial charge in [-0.2, -0.15) is 0 Å². The fourth-order valence-electron chi connectivity index (χ4n) is 2.35. The van der Waals surface area contributed by atoms with Crippen LogP contribution in [0.5, 0.6) is 0 Å². The van der Waals surface area contributed by atoms with E-state index in [9.17, 15) is 9.90 Å². The van der Waals surface area contributed by atoms with Gasteiger partial charge >= 0.3 is 0 Å². The zero-order chi connectivity index (χ0) is 12.7. The molecule has 92 valence electrons. The van der Waals surface area contributed by atoms with Crippen LogP contribution in [0, 0.1) is 0 Å². The molecular weight excluding hydrogens is 252 g/mol. The molecule has 0 spiro atoms. The first-order chi connectivity index (χ1) is 8.70. The summed E-state index contributed by atoms with van der Waals surface area (Å²) in [4.78, 5) is 11.5. The van der Waals surface area contributed by atoms with Crippen LogP contribution in [0.2, 0.25) is 5.02 Å². The van der Waals surface area contributed by atoms with E-state index in [2.05, 4.69) is 0 Å². The Hall–Kier alpha value is -1.74. The van der Waals surface area contributed by atoms with Crippen molar-refractivity contribution in [3.05, 3.63) is 51.0 Å². The van der Waals surface area contributed by atoms with Crippen LogP contribution in [0.1, 0.15) is 24.2 Å². The topological polar surface area (TPSA) is 50.4 Å². The van der Waals surface area contributed by atoms with Crippen molar-refractivity contribution in [2.45, 2.75) is 19.3 Å². The molecule has 3 nitrogen and oxygen atoms in total. The van der Waals surface area contributed by atoms with Gasteiger partial charge in [0.2, 0.25) is 5.43 Å². The number of allylic oxidation sites excluding steroid dienone is 1. The summed E-state index contributed by atoms with van der Waals surface area (Å²) in [5.74, 6) is 1.04. The molecule has 1 aliphatic heterocycles. The Balaban J connectivity index is 2.35. The lowest BCUT2D eigenvalue weighted by molar-refractivity contribution is 0.464. The normalized spacial score (nSPS) is 17.1. The lowest BCUT2D eigenvalue weighted by Crippen LogP contribution is -2.07. The van der Waals surface area contributed by atoms with Crippen molar-refractivity contribution in [3.63, 3.8) is 0 Å². The molecule has 3 aliphatic rings. The van der Waals surface area contributed by atoms with Gasteiger partial charge in [0.25, 0.3) is 0 Å². The molecule has 0 radical (unpaired) electrons.